The molecule has 9 nitrogen and oxygen atoms in total. The van der Waals surface area contributed by atoms with Gasteiger partial charge >= 0.3 is 0 Å². The van der Waals surface area contributed by atoms with Crippen LogP contribution in [0.3, 0.4) is 0 Å². The minimum Gasteiger partial charge on any atom is -0.502 e. The van der Waals surface area contributed by atoms with E-state index in [1.165, 1.54) is 25.3 Å². The fourth-order valence-electron chi connectivity index (χ4n) is 7.84. The number of carbonyl (C=O) groups excluding carboxylic acids is 1. The van der Waals surface area contributed by atoms with Crippen LogP contribution in [-0.2, 0) is 28.8 Å². The molecule has 0 aromatic heterocycles. The molecule has 6 aliphatic rings. The second kappa shape index (κ2) is 10.8. The minimum atomic E-state index is -1.40. The number of ketones is 1. The molecule has 1 spiro atoms. The number of nitrogens with zero attached hydrogens (tertiary/aromatic N) is 2. The Hall–Kier alpha value is -4.47. The van der Waals surface area contributed by atoms with E-state index in [1.807, 2.05) is 30.3 Å². The largest absolute Gasteiger partial charge is 0.502 e. The third-order valence-electron chi connectivity index (χ3n) is 10.4. The van der Waals surface area contributed by atoms with Gasteiger partial charge in [0.25, 0.3) is 0 Å². The number of rotatable bonds is 2. The summed E-state index contributed by atoms with van der Waals surface area (Å²) in [5.74, 6) is 2.46. The minimum absolute atomic E-state index is 0.0456. The number of allylic oxidation sites excluding steroid dienone is 1. The zero-order valence-corrected chi connectivity index (χ0v) is 26.6. The van der Waals surface area contributed by atoms with E-state index >= 15 is 0 Å². The van der Waals surface area contributed by atoms with Crippen molar-refractivity contribution in [1.29, 1.82) is 0 Å². The van der Waals surface area contributed by atoms with Crippen molar-refractivity contribution in [3.8, 4) is 34.5 Å². The van der Waals surface area contributed by atoms with Gasteiger partial charge in [0.05, 0.1) is 14.2 Å². The zero-order valence-electron chi connectivity index (χ0n) is 26.6. The van der Waals surface area contributed by atoms with E-state index in [2.05, 4.69) is 48.2 Å². The maximum absolute atomic E-state index is 14.4. The lowest BCUT2D eigenvalue weighted by atomic mass is 9.72. The summed E-state index contributed by atoms with van der Waals surface area (Å²) in [6.45, 7) is 1.75. The Morgan fingerprint density at radius 2 is 1.63 bits per heavy atom. The molecule has 0 amide bonds. The second-order valence-electron chi connectivity index (χ2n) is 13.0. The summed E-state index contributed by atoms with van der Waals surface area (Å²) >= 11 is 0. The van der Waals surface area contributed by atoms with Crippen LogP contribution in [0.15, 0.2) is 71.5 Å². The molecule has 9 rings (SSSR count). The maximum Gasteiger partial charge on any atom is 0.248 e. The highest BCUT2D eigenvalue weighted by atomic mass is 16.6. The Bertz CT molecular complexity index is 1810. The smallest absolute Gasteiger partial charge is 0.248 e. The van der Waals surface area contributed by atoms with Crippen molar-refractivity contribution >= 4 is 5.78 Å². The van der Waals surface area contributed by atoms with Crippen LogP contribution in [0.2, 0.25) is 0 Å². The van der Waals surface area contributed by atoms with Crippen molar-refractivity contribution in [3.63, 3.8) is 0 Å². The van der Waals surface area contributed by atoms with Gasteiger partial charge in [0.1, 0.15) is 12.4 Å². The number of benzene rings is 3. The van der Waals surface area contributed by atoms with Crippen LogP contribution in [0.5, 0.6) is 34.5 Å². The molecule has 5 aliphatic heterocycles. The van der Waals surface area contributed by atoms with E-state index in [0.29, 0.717) is 35.2 Å². The van der Waals surface area contributed by atoms with Crippen molar-refractivity contribution in [2.45, 2.75) is 43.4 Å². The van der Waals surface area contributed by atoms with Crippen LogP contribution in [0.1, 0.15) is 34.7 Å². The number of carbonyl (C=O) groups is 1. The summed E-state index contributed by atoms with van der Waals surface area (Å²) in [5, 5.41) is 11.1. The number of phenolic OH excluding ortho intramolecular Hbond substituents is 1. The Balaban J connectivity index is 1.35. The fourth-order valence-corrected chi connectivity index (χ4v) is 7.84. The first-order chi connectivity index (χ1) is 22.3. The quantitative estimate of drug-likeness (QED) is 0.417. The highest BCUT2D eigenvalue weighted by Gasteiger charge is 2.56. The van der Waals surface area contributed by atoms with Gasteiger partial charge in [-0.1, -0.05) is 12.1 Å². The lowest BCUT2D eigenvalue weighted by molar-refractivity contribution is -0.136. The topological polar surface area (TPSA) is 89.9 Å². The number of ether oxygens (including phenoxy) is 5. The molecule has 3 aromatic rings. The van der Waals surface area contributed by atoms with Gasteiger partial charge in [0.2, 0.25) is 17.1 Å². The van der Waals surface area contributed by atoms with Crippen LogP contribution < -0.4 is 18.9 Å². The van der Waals surface area contributed by atoms with E-state index in [0.717, 1.165) is 54.6 Å². The van der Waals surface area contributed by atoms with Gasteiger partial charge in [0, 0.05) is 30.7 Å². The molecule has 0 saturated carbocycles. The number of likely N-dealkylation sites (N-methyl/N-ethyl adjacent to an activating group) is 2. The molecule has 1 aliphatic carbocycles. The Kier molecular flexibility index (Phi) is 6.81. The Morgan fingerprint density at radius 1 is 0.870 bits per heavy atom. The molecule has 7 bridgehead atoms. The number of methoxy groups -OCH3 is 2. The second-order valence-corrected chi connectivity index (χ2v) is 13.0. The molecule has 0 unspecified atom stereocenters. The van der Waals surface area contributed by atoms with Crippen molar-refractivity contribution in [2.75, 3.05) is 48.0 Å². The molecule has 1 N–H and O–H groups in total. The average Bonchev–Trinajstić information content (AvgIpc) is 3.06. The van der Waals surface area contributed by atoms with E-state index in [4.69, 9.17) is 23.7 Å². The molecular formula is C37H38N2O7. The summed E-state index contributed by atoms with van der Waals surface area (Å²) in [6.07, 6.45) is 4.81. The Morgan fingerprint density at radius 3 is 2.41 bits per heavy atom. The van der Waals surface area contributed by atoms with E-state index in [1.54, 1.807) is 0 Å². The summed E-state index contributed by atoms with van der Waals surface area (Å²) in [7, 11) is 7.28. The lowest BCUT2D eigenvalue weighted by Gasteiger charge is -2.48. The van der Waals surface area contributed by atoms with E-state index < -0.39 is 5.60 Å². The SMILES string of the molecule is COC1=CC2=C3[C@@H](Cc4cc(OC)c(O)c(c4)Oc4ccc(cc4)C[C@H]4c5cc6c(cc5CCN4C)OC[C@]3(O6)C1=O)N(C)CC2. The number of aromatic hydroxyl groups is 1. The molecule has 0 fully saturated rings. The first-order valence-electron chi connectivity index (χ1n) is 15.9. The molecule has 9 heteroatoms. The standard InChI is InChI=1S/C37H38N2O7/c1-38-11-9-23-17-29-30-19-26(23)27(38)13-21-5-7-25(8-6-21)45-32-16-22(15-31(42-3)35(32)40)14-28-34-24(10-12-39(28)2)18-33(43-4)36(41)37(34,46-30)20-44-29/h5-8,15-19,27-28,40H,9-14,20H2,1-4H3/t27-,28+,37+/m0/s1. The molecule has 5 heterocycles. The van der Waals surface area contributed by atoms with Crippen LogP contribution in [0.25, 0.3) is 0 Å². The molecule has 238 valence electrons. The van der Waals surface area contributed by atoms with Crippen LogP contribution >= 0.6 is 0 Å². The number of fused-ring (bicyclic) bond motifs is 2. The van der Waals surface area contributed by atoms with Gasteiger partial charge in [0.15, 0.2) is 28.8 Å². The van der Waals surface area contributed by atoms with Crippen molar-refractivity contribution in [2.24, 2.45) is 0 Å². The molecule has 46 heavy (non-hydrogen) atoms. The van der Waals surface area contributed by atoms with Gasteiger partial charge in [-0.25, -0.2) is 0 Å². The third-order valence-corrected chi connectivity index (χ3v) is 10.4. The number of phenols is 1. The molecule has 3 atom stereocenters. The van der Waals surface area contributed by atoms with Crippen LogP contribution in [0.4, 0.5) is 0 Å². The summed E-state index contributed by atoms with van der Waals surface area (Å²) in [6, 6.07) is 15.8. The van der Waals surface area contributed by atoms with Crippen molar-refractivity contribution in [1.82, 2.24) is 9.80 Å². The van der Waals surface area contributed by atoms with E-state index in [9.17, 15) is 9.90 Å². The zero-order chi connectivity index (χ0) is 31.7. The number of hydrogen-bond acceptors (Lipinski definition) is 9. The van der Waals surface area contributed by atoms with Crippen molar-refractivity contribution < 1.29 is 33.6 Å². The molecular weight excluding hydrogens is 584 g/mol. The molecule has 3 aromatic carbocycles. The highest BCUT2D eigenvalue weighted by Crippen LogP contribution is 2.50. The average molecular weight is 623 g/mol. The molecule has 0 radical (unpaired) electrons. The number of Topliss-reactive ketones (excluding diaryl/α,β-unsaturated/α-hetero) is 1. The van der Waals surface area contributed by atoms with Crippen LogP contribution in [0, 0.1) is 0 Å². The lowest BCUT2D eigenvalue weighted by Crippen LogP contribution is -2.61. The van der Waals surface area contributed by atoms with Gasteiger partial charge in [-0.2, -0.15) is 0 Å². The Labute approximate surface area is 268 Å². The van der Waals surface area contributed by atoms with Gasteiger partial charge in [-0.05, 0) is 110 Å². The first-order valence-corrected chi connectivity index (χ1v) is 15.9. The predicted octanol–water partition coefficient (Wildman–Crippen LogP) is 5.14. The predicted molar refractivity (Wildman–Crippen MR) is 171 cm³/mol. The highest BCUT2D eigenvalue weighted by molar-refractivity contribution is 6.05. The third kappa shape index (κ3) is 4.47. The van der Waals surface area contributed by atoms with Crippen LogP contribution in [-0.4, -0.2) is 80.3 Å². The fraction of sp³-hybridized carbons (Fsp3) is 0.378. The normalized spacial score (nSPS) is 25.4. The van der Waals surface area contributed by atoms with Gasteiger partial charge in [-0.3, -0.25) is 14.6 Å². The summed E-state index contributed by atoms with van der Waals surface area (Å²) < 4.78 is 31.0. The van der Waals surface area contributed by atoms with Crippen molar-refractivity contribution in [3.05, 3.63) is 93.8 Å². The maximum atomic E-state index is 14.4. The number of hydrogen-bond donors (Lipinski definition) is 1. The van der Waals surface area contributed by atoms with Gasteiger partial charge in [-0.15, -0.1) is 0 Å². The summed E-state index contributed by atoms with van der Waals surface area (Å²) in [4.78, 5) is 19.1. The van der Waals surface area contributed by atoms with E-state index in [-0.39, 0.29) is 36.0 Å². The monoisotopic (exact) mass is 622 g/mol. The first kappa shape index (κ1) is 29.0. The molecule has 0 saturated heterocycles. The summed E-state index contributed by atoms with van der Waals surface area (Å²) in [5.41, 5.74) is 4.97. The van der Waals surface area contributed by atoms with Gasteiger partial charge < -0.3 is 28.8 Å².